The largest absolute Gasteiger partial charge is 0.390 e. The van der Waals surface area contributed by atoms with Crippen molar-refractivity contribution in [2.24, 2.45) is 17.3 Å². The van der Waals surface area contributed by atoms with Crippen LogP contribution >= 0.6 is 0 Å². The molecule has 146 valence electrons. The van der Waals surface area contributed by atoms with Gasteiger partial charge in [-0.05, 0) is 68.8 Å². The molecule has 0 amide bonds. The van der Waals surface area contributed by atoms with Gasteiger partial charge >= 0.3 is 0 Å². The van der Waals surface area contributed by atoms with Gasteiger partial charge in [0, 0.05) is 0 Å². The van der Waals surface area contributed by atoms with Crippen molar-refractivity contribution in [2.45, 2.75) is 97.9 Å². The molecule has 0 heterocycles. The summed E-state index contributed by atoms with van der Waals surface area (Å²) >= 11 is 0. The molecule has 25 heavy (non-hydrogen) atoms. The highest BCUT2D eigenvalue weighted by Crippen LogP contribution is 2.39. The first-order valence-corrected chi connectivity index (χ1v) is 9.71. The zero-order valence-electron chi connectivity index (χ0n) is 17.4. The molecule has 0 aromatic carbocycles. The molecule has 2 aliphatic rings. The molecular formula is C22H40O3. The number of hydrogen-bond acceptors (Lipinski definition) is 3. The monoisotopic (exact) mass is 352 g/mol. The van der Waals surface area contributed by atoms with E-state index >= 15 is 0 Å². The maximum absolute atomic E-state index is 10.2. The van der Waals surface area contributed by atoms with Crippen molar-refractivity contribution >= 4 is 0 Å². The zero-order valence-corrected chi connectivity index (χ0v) is 17.4. The van der Waals surface area contributed by atoms with Crippen LogP contribution in [0.2, 0.25) is 0 Å². The lowest BCUT2D eigenvalue weighted by atomic mass is 9.71. The van der Waals surface area contributed by atoms with Crippen LogP contribution in [0.25, 0.3) is 0 Å². The molecule has 0 bridgehead atoms. The third-order valence-corrected chi connectivity index (χ3v) is 6.29. The van der Waals surface area contributed by atoms with Gasteiger partial charge in [-0.3, -0.25) is 0 Å². The molecule has 1 fully saturated rings. The van der Waals surface area contributed by atoms with E-state index in [4.69, 9.17) is 0 Å². The lowest BCUT2D eigenvalue weighted by Crippen LogP contribution is -2.40. The van der Waals surface area contributed by atoms with E-state index in [1.54, 1.807) is 13.8 Å². The summed E-state index contributed by atoms with van der Waals surface area (Å²) in [6.07, 6.45) is 5.98. The first-order chi connectivity index (χ1) is 11.2. The fourth-order valence-corrected chi connectivity index (χ4v) is 3.54. The second-order valence-electron chi connectivity index (χ2n) is 9.71. The lowest BCUT2D eigenvalue weighted by Gasteiger charge is -2.39. The van der Waals surface area contributed by atoms with Gasteiger partial charge in [0.1, 0.15) is 0 Å². The van der Waals surface area contributed by atoms with Crippen molar-refractivity contribution in [3.8, 4) is 0 Å². The molecule has 0 aromatic heterocycles. The van der Waals surface area contributed by atoms with Crippen LogP contribution in [-0.4, -0.2) is 32.6 Å². The Labute approximate surface area is 154 Å². The van der Waals surface area contributed by atoms with Gasteiger partial charge in [0.2, 0.25) is 0 Å². The maximum Gasteiger partial charge on any atom is 0.0801 e. The van der Waals surface area contributed by atoms with Crippen molar-refractivity contribution in [1.82, 2.24) is 0 Å². The number of rotatable bonds is 2. The fourth-order valence-electron chi connectivity index (χ4n) is 3.54. The van der Waals surface area contributed by atoms with Crippen molar-refractivity contribution in [3.63, 3.8) is 0 Å². The highest BCUT2D eigenvalue weighted by molar-refractivity contribution is 5.20. The summed E-state index contributed by atoms with van der Waals surface area (Å²) in [6, 6.07) is 0. The Bertz CT molecular complexity index is 496. The maximum atomic E-state index is 10.2. The minimum Gasteiger partial charge on any atom is -0.390 e. The highest BCUT2D eigenvalue weighted by atomic mass is 16.3. The quantitative estimate of drug-likeness (QED) is 0.636. The third kappa shape index (κ3) is 5.94. The lowest BCUT2D eigenvalue weighted by molar-refractivity contribution is -0.0397. The van der Waals surface area contributed by atoms with Gasteiger partial charge in [0.05, 0.1) is 17.3 Å². The molecule has 3 atom stereocenters. The molecule has 0 saturated heterocycles. The zero-order chi connectivity index (χ0) is 19.6. The number of aliphatic hydroxyl groups is 3. The summed E-state index contributed by atoms with van der Waals surface area (Å²) in [6.45, 7) is 18.0. The minimum absolute atomic E-state index is 0.0469. The van der Waals surface area contributed by atoms with Crippen LogP contribution in [0.3, 0.4) is 0 Å². The molecule has 2 rings (SSSR count). The van der Waals surface area contributed by atoms with Crippen molar-refractivity contribution in [1.29, 1.82) is 0 Å². The molecular weight excluding hydrogens is 312 g/mol. The molecule has 3 nitrogen and oxygen atoms in total. The van der Waals surface area contributed by atoms with E-state index in [9.17, 15) is 15.3 Å². The molecule has 0 aromatic rings. The molecule has 1 saturated carbocycles. The first-order valence-electron chi connectivity index (χ1n) is 9.71. The van der Waals surface area contributed by atoms with E-state index in [0.717, 1.165) is 37.7 Å². The predicted octanol–water partition coefficient (Wildman–Crippen LogP) is 4.61. The van der Waals surface area contributed by atoms with E-state index in [2.05, 4.69) is 41.2 Å². The Morgan fingerprint density at radius 3 is 2.16 bits per heavy atom. The average molecular weight is 353 g/mol. The van der Waals surface area contributed by atoms with Crippen molar-refractivity contribution < 1.29 is 15.3 Å². The Morgan fingerprint density at radius 2 is 1.76 bits per heavy atom. The Morgan fingerprint density at radius 1 is 1.20 bits per heavy atom. The first kappa shape index (κ1) is 22.4. The number of hydrogen-bond donors (Lipinski definition) is 3. The topological polar surface area (TPSA) is 60.7 Å². The molecule has 2 aliphatic carbocycles. The molecule has 0 spiro atoms. The average Bonchev–Trinajstić information content (AvgIpc) is 2.46. The van der Waals surface area contributed by atoms with Crippen LogP contribution in [0.4, 0.5) is 0 Å². The fraction of sp³-hybridized carbons (Fsp3) is 0.818. The van der Waals surface area contributed by atoms with E-state index in [1.165, 1.54) is 5.57 Å². The van der Waals surface area contributed by atoms with Crippen LogP contribution in [0.5, 0.6) is 0 Å². The summed E-state index contributed by atoms with van der Waals surface area (Å²) in [5.74, 6) is 0.860. The molecule has 3 N–H and O–H groups in total. The van der Waals surface area contributed by atoms with E-state index < -0.39 is 17.3 Å². The summed E-state index contributed by atoms with van der Waals surface area (Å²) in [5.41, 5.74) is 1.01. The van der Waals surface area contributed by atoms with Gasteiger partial charge in [-0.15, -0.1) is 0 Å². The predicted molar refractivity (Wildman–Crippen MR) is 105 cm³/mol. The normalized spacial score (nSPS) is 32.8. The second kappa shape index (κ2) is 7.94. The van der Waals surface area contributed by atoms with Crippen molar-refractivity contribution in [2.75, 3.05) is 0 Å². The van der Waals surface area contributed by atoms with Crippen LogP contribution < -0.4 is 0 Å². The Balaban J connectivity index is 0.000000251. The summed E-state index contributed by atoms with van der Waals surface area (Å²) in [5, 5.41) is 29.7. The van der Waals surface area contributed by atoms with Gasteiger partial charge < -0.3 is 15.3 Å². The molecule has 3 unspecified atom stereocenters. The van der Waals surface area contributed by atoms with Crippen LogP contribution in [0.1, 0.15) is 80.6 Å². The van der Waals surface area contributed by atoms with Gasteiger partial charge in [-0.25, -0.2) is 0 Å². The SMILES string of the molecule is C=C1CCC(O)(C(C)C)CC1C.CC(C)(O)C1=CC(O)C(C)(C)CC1. The van der Waals surface area contributed by atoms with Gasteiger partial charge in [-0.1, -0.05) is 52.8 Å². The van der Waals surface area contributed by atoms with Gasteiger partial charge in [0.25, 0.3) is 0 Å². The molecule has 3 heteroatoms. The minimum atomic E-state index is -0.780. The standard InChI is InChI=1S/C11H20O2.C11H20O/c1-10(2)6-5-8(7-9(10)12)11(3,4)13;1-8(2)11(12)6-5-9(3)10(4)7-11/h7,9,12-13H,5-6H2,1-4H3;8,10,12H,3,5-7H2,1-2,4H3. The van der Waals surface area contributed by atoms with Crippen LogP contribution in [0.15, 0.2) is 23.8 Å². The van der Waals surface area contributed by atoms with Crippen LogP contribution in [-0.2, 0) is 0 Å². The number of allylic oxidation sites excluding steroid dienone is 1. The van der Waals surface area contributed by atoms with E-state index in [1.807, 2.05) is 6.08 Å². The van der Waals surface area contributed by atoms with Gasteiger partial charge in [-0.2, -0.15) is 0 Å². The Kier molecular flexibility index (Phi) is 7.11. The van der Waals surface area contributed by atoms with Gasteiger partial charge in [0.15, 0.2) is 0 Å². The Hall–Kier alpha value is -0.640. The third-order valence-electron chi connectivity index (χ3n) is 6.29. The summed E-state index contributed by atoms with van der Waals surface area (Å²) in [4.78, 5) is 0. The smallest absolute Gasteiger partial charge is 0.0801 e. The summed E-state index contributed by atoms with van der Waals surface area (Å²) in [7, 11) is 0. The highest BCUT2D eigenvalue weighted by Gasteiger charge is 2.36. The van der Waals surface area contributed by atoms with Crippen LogP contribution in [0, 0.1) is 17.3 Å². The van der Waals surface area contributed by atoms with E-state index in [0.29, 0.717) is 11.8 Å². The number of aliphatic hydroxyl groups excluding tert-OH is 1. The summed E-state index contributed by atoms with van der Waals surface area (Å²) < 4.78 is 0. The molecule has 0 aliphatic heterocycles. The second-order valence-corrected chi connectivity index (χ2v) is 9.71. The molecule has 0 radical (unpaired) electrons. The van der Waals surface area contributed by atoms with Crippen molar-refractivity contribution in [3.05, 3.63) is 23.8 Å². The van der Waals surface area contributed by atoms with E-state index in [-0.39, 0.29) is 5.41 Å².